The summed E-state index contributed by atoms with van der Waals surface area (Å²) >= 11 is 6.47. The van der Waals surface area contributed by atoms with Gasteiger partial charge in [0.2, 0.25) is 0 Å². The molecule has 39 heavy (non-hydrogen) atoms. The van der Waals surface area contributed by atoms with E-state index >= 15 is 0 Å². The Morgan fingerprint density at radius 1 is 1.08 bits per heavy atom. The van der Waals surface area contributed by atoms with E-state index in [4.69, 9.17) is 21.1 Å². The lowest BCUT2D eigenvalue weighted by Crippen LogP contribution is -2.16. The number of halogens is 2. The van der Waals surface area contributed by atoms with E-state index in [-0.39, 0.29) is 18.8 Å². The number of carbonyl (C=O) groups is 1. The highest BCUT2D eigenvalue weighted by Gasteiger charge is 2.16. The first kappa shape index (κ1) is 27.7. The van der Waals surface area contributed by atoms with Crippen molar-refractivity contribution >= 4 is 45.6 Å². The van der Waals surface area contributed by atoms with E-state index in [1.54, 1.807) is 55.5 Å². The van der Waals surface area contributed by atoms with Gasteiger partial charge in [-0.1, -0.05) is 17.7 Å². The lowest BCUT2D eigenvalue weighted by molar-refractivity contribution is -0.114. The fraction of sp³-hybridized carbons (Fsp3) is 0.214. The molecule has 0 spiro atoms. The van der Waals surface area contributed by atoms with Crippen LogP contribution in [0.3, 0.4) is 0 Å². The molecule has 1 amide bonds. The molecule has 2 heterocycles. The van der Waals surface area contributed by atoms with E-state index in [0.29, 0.717) is 45.5 Å². The topological polar surface area (TPSA) is 102 Å². The van der Waals surface area contributed by atoms with Crippen LogP contribution < -0.4 is 20.1 Å². The SMILES string of the molecule is CCOc1cc2ncnc(Nc3ccc(OCc4ccccn4)c(Cl)c3)c2cc1NC(=O)/C(F)=C\CN(C)C. The molecule has 202 valence electrons. The van der Waals surface area contributed by atoms with Crippen molar-refractivity contribution in [3.63, 3.8) is 0 Å². The summed E-state index contributed by atoms with van der Waals surface area (Å²) in [6.07, 6.45) is 4.32. The molecule has 0 aliphatic rings. The Hall–Kier alpha value is -4.28. The zero-order chi connectivity index (χ0) is 27.8. The summed E-state index contributed by atoms with van der Waals surface area (Å²) in [5.74, 6) is -0.442. The zero-order valence-electron chi connectivity index (χ0n) is 21.7. The summed E-state index contributed by atoms with van der Waals surface area (Å²) in [6.45, 7) is 2.72. The van der Waals surface area contributed by atoms with Gasteiger partial charge in [0.25, 0.3) is 5.91 Å². The highest BCUT2D eigenvalue weighted by Crippen LogP contribution is 2.35. The van der Waals surface area contributed by atoms with Gasteiger partial charge in [0.15, 0.2) is 5.83 Å². The third kappa shape index (κ3) is 7.40. The van der Waals surface area contributed by atoms with E-state index in [2.05, 4.69) is 25.6 Å². The number of fused-ring (bicyclic) bond motifs is 1. The number of nitrogens with zero attached hydrogens (tertiary/aromatic N) is 4. The van der Waals surface area contributed by atoms with Crippen LogP contribution in [-0.2, 0) is 11.4 Å². The van der Waals surface area contributed by atoms with Gasteiger partial charge >= 0.3 is 0 Å². The molecule has 2 aromatic carbocycles. The minimum Gasteiger partial charge on any atom is -0.492 e. The van der Waals surface area contributed by atoms with Crippen LogP contribution in [-0.4, -0.2) is 53.0 Å². The molecule has 0 saturated carbocycles. The second-order valence-electron chi connectivity index (χ2n) is 8.67. The van der Waals surface area contributed by atoms with Crippen molar-refractivity contribution < 1.29 is 18.7 Å². The minimum atomic E-state index is -0.895. The molecular weight excluding hydrogens is 523 g/mol. The molecule has 9 nitrogen and oxygen atoms in total. The summed E-state index contributed by atoms with van der Waals surface area (Å²) in [5, 5.41) is 6.81. The van der Waals surface area contributed by atoms with Crippen LogP contribution in [0.5, 0.6) is 11.5 Å². The summed E-state index contributed by atoms with van der Waals surface area (Å²) in [6, 6.07) is 14.2. The van der Waals surface area contributed by atoms with Crippen molar-refractivity contribution in [1.82, 2.24) is 19.9 Å². The normalized spacial score (nSPS) is 11.5. The van der Waals surface area contributed by atoms with Crippen molar-refractivity contribution in [2.75, 3.05) is 37.9 Å². The Bertz CT molecular complexity index is 1480. The van der Waals surface area contributed by atoms with Crippen LogP contribution in [0, 0.1) is 0 Å². The molecule has 4 rings (SSSR count). The first-order valence-corrected chi connectivity index (χ1v) is 12.5. The number of anilines is 3. The summed E-state index contributed by atoms with van der Waals surface area (Å²) < 4.78 is 25.9. The maximum absolute atomic E-state index is 14.4. The van der Waals surface area contributed by atoms with Crippen molar-refractivity contribution in [2.45, 2.75) is 13.5 Å². The number of nitrogens with one attached hydrogen (secondary N) is 2. The molecule has 2 aromatic heterocycles. The van der Waals surface area contributed by atoms with E-state index in [0.717, 1.165) is 5.69 Å². The molecule has 0 unspecified atom stereocenters. The lowest BCUT2D eigenvalue weighted by atomic mass is 10.1. The fourth-order valence-corrected chi connectivity index (χ4v) is 3.80. The number of benzene rings is 2. The number of rotatable bonds is 11. The maximum atomic E-state index is 14.4. The molecule has 0 radical (unpaired) electrons. The molecular formula is C28H28ClFN6O3. The highest BCUT2D eigenvalue weighted by molar-refractivity contribution is 6.32. The van der Waals surface area contributed by atoms with Crippen LogP contribution in [0.1, 0.15) is 12.6 Å². The third-order valence-corrected chi connectivity index (χ3v) is 5.73. The van der Waals surface area contributed by atoms with Gasteiger partial charge in [0.1, 0.15) is 30.3 Å². The van der Waals surface area contributed by atoms with E-state index in [1.807, 2.05) is 25.1 Å². The summed E-state index contributed by atoms with van der Waals surface area (Å²) in [4.78, 5) is 27.2. The minimum absolute atomic E-state index is 0.283. The molecule has 0 aliphatic carbocycles. The quantitative estimate of drug-likeness (QED) is 0.228. The Labute approximate surface area is 230 Å². The number of hydrogen-bond donors (Lipinski definition) is 2. The van der Waals surface area contributed by atoms with Crippen LogP contribution >= 0.6 is 11.6 Å². The average molecular weight is 551 g/mol. The van der Waals surface area contributed by atoms with Crippen LogP contribution in [0.2, 0.25) is 5.02 Å². The Kier molecular flexibility index (Phi) is 9.24. The zero-order valence-corrected chi connectivity index (χ0v) is 22.5. The third-order valence-electron chi connectivity index (χ3n) is 5.43. The van der Waals surface area contributed by atoms with Crippen LogP contribution in [0.15, 0.2) is 73.0 Å². The number of carbonyl (C=O) groups excluding carboxylic acids is 1. The molecule has 4 aromatic rings. The first-order chi connectivity index (χ1) is 18.8. The molecule has 2 N–H and O–H groups in total. The number of amides is 1. The predicted molar refractivity (Wildman–Crippen MR) is 150 cm³/mol. The summed E-state index contributed by atoms with van der Waals surface area (Å²) in [5.41, 5.74) is 2.30. The maximum Gasteiger partial charge on any atom is 0.284 e. The number of pyridine rings is 1. The van der Waals surface area contributed by atoms with Crippen molar-refractivity contribution in [1.29, 1.82) is 0 Å². The van der Waals surface area contributed by atoms with Crippen molar-refractivity contribution in [2.24, 2.45) is 0 Å². The van der Waals surface area contributed by atoms with Crippen molar-refractivity contribution in [3.8, 4) is 11.5 Å². The Balaban J connectivity index is 1.58. The van der Waals surface area contributed by atoms with Gasteiger partial charge in [-0.2, -0.15) is 0 Å². The Morgan fingerprint density at radius 2 is 1.92 bits per heavy atom. The summed E-state index contributed by atoms with van der Waals surface area (Å²) in [7, 11) is 3.56. The molecule has 0 atom stereocenters. The second kappa shape index (κ2) is 13.0. The number of hydrogen-bond acceptors (Lipinski definition) is 8. The van der Waals surface area contributed by atoms with E-state index < -0.39 is 11.7 Å². The lowest BCUT2D eigenvalue weighted by Gasteiger charge is -2.15. The Morgan fingerprint density at radius 3 is 2.64 bits per heavy atom. The van der Waals surface area contributed by atoms with Gasteiger partial charge in [-0.3, -0.25) is 9.78 Å². The van der Waals surface area contributed by atoms with E-state index in [1.165, 1.54) is 12.4 Å². The molecule has 0 aliphatic heterocycles. The predicted octanol–water partition coefficient (Wildman–Crippen LogP) is 5.75. The first-order valence-electron chi connectivity index (χ1n) is 12.2. The van der Waals surface area contributed by atoms with Crippen molar-refractivity contribution in [3.05, 3.63) is 83.7 Å². The molecule has 0 bridgehead atoms. The van der Waals surface area contributed by atoms with Gasteiger partial charge in [0, 0.05) is 29.9 Å². The number of likely N-dealkylation sites (N-methyl/N-ethyl adjacent to an activating group) is 1. The average Bonchev–Trinajstić information content (AvgIpc) is 2.92. The monoisotopic (exact) mass is 550 g/mol. The fourth-order valence-electron chi connectivity index (χ4n) is 3.56. The molecule has 0 saturated heterocycles. The van der Waals surface area contributed by atoms with Gasteiger partial charge in [-0.15, -0.1) is 0 Å². The van der Waals surface area contributed by atoms with Gasteiger partial charge < -0.3 is 25.0 Å². The smallest absolute Gasteiger partial charge is 0.284 e. The second-order valence-corrected chi connectivity index (χ2v) is 9.08. The number of aromatic nitrogens is 3. The van der Waals surface area contributed by atoms with Gasteiger partial charge in [-0.25, -0.2) is 14.4 Å². The van der Waals surface area contributed by atoms with Crippen LogP contribution in [0.25, 0.3) is 10.9 Å². The highest BCUT2D eigenvalue weighted by atomic mass is 35.5. The van der Waals surface area contributed by atoms with Gasteiger partial charge in [-0.05, 0) is 63.5 Å². The molecule has 0 fully saturated rings. The van der Waals surface area contributed by atoms with Gasteiger partial charge in [0.05, 0.1) is 28.5 Å². The molecule has 11 heteroatoms. The number of ether oxygens (including phenoxy) is 2. The standard InChI is InChI=1S/C28H28ClFN6O3/c1-4-38-26-15-23-20(14-24(26)35-28(37)22(30)10-12-36(2)3)27(33-17-32-23)34-18-8-9-25(21(29)13-18)39-16-19-7-5-6-11-31-19/h5-11,13-15,17H,4,12,16H2,1-3H3,(H,35,37)(H,32,33,34)/b22-10+. The van der Waals surface area contributed by atoms with E-state index in [9.17, 15) is 9.18 Å². The van der Waals surface area contributed by atoms with Crippen LogP contribution in [0.4, 0.5) is 21.6 Å². The largest absolute Gasteiger partial charge is 0.492 e.